The zero-order valence-corrected chi connectivity index (χ0v) is 10.3. The van der Waals surface area contributed by atoms with Gasteiger partial charge < -0.3 is 16.2 Å². The first kappa shape index (κ1) is 13.3. The molecule has 0 heterocycles. The van der Waals surface area contributed by atoms with Crippen LogP contribution in [0.2, 0.25) is 0 Å². The van der Waals surface area contributed by atoms with Gasteiger partial charge in [0.25, 0.3) is 0 Å². The van der Waals surface area contributed by atoms with E-state index in [0.717, 1.165) is 12.1 Å². The van der Waals surface area contributed by atoms with E-state index in [-0.39, 0.29) is 12.1 Å². The molecule has 1 unspecified atom stereocenters. The lowest BCUT2D eigenvalue weighted by molar-refractivity contribution is 0.252. The minimum Gasteiger partial charge on any atom is -0.398 e. The van der Waals surface area contributed by atoms with Crippen LogP contribution in [0.1, 0.15) is 32.3 Å². The second-order valence-corrected chi connectivity index (χ2v) is 4.43. The van der Waals surface area contributed by atoms with Crippen LogP contribution in [-0.4, -0.2) is 17.3 Å². The molecule has 0 aliphatic rings. The molecule has 0 aromatic heterocycles. The average Bonchev–Trinajstić information content (AvgIpc) is 2.29. The number of nitrogens with two attached hydrogens (primary N) is 1. The van der Waals surface area contributed by atoms with Gasteiger partial charge in [-0.3, -0.25) is 0 Å². The fourth-order valence-corrected chi connectivity index (χ4v) is 1.67. The molecule has 17 heavy (non-hydrogen) atoms. The maximum absolute atomic E-state index is 9.04. The minimum atomic E-state index is -0.157. The van der Waals surface area contributed by atoms with Crippen molar-refractivity contribution in [3.63, 3.8) is 0 Å². The first-order valence-corrected chi connectivity index (χ1v) is 5.73. The third-order valence-electron chi connectivity index (χ3n) is 3.06. The molecule has 0 radical (unpaired) electrons. The lowest BCUT2D eigenvalue weighted by Crippen LogP contribution is -2.35. The third-order valence-corrected chi connectivity index (χ3v) is 3.06. The van der Waals surface area contributed by atoms with Crippen molar-refractivity contribution in [1.82, 2.24) is 0 Å². The summed E-state index contributed by atoms with van der Waals surface area (Å²) in [5.74, 6) is 0. The van der Waals surface area contributed by atoms with E-state index in [2.05, 4.69) is 19.2 Å². The van der Waals surface area contributed by atoms with Gasteiger partial charge in [-0.25, -0.2) is 0 Å². The van der Waals surface area contributed by atoms with Gasteiger partial charge >= 0.3 is 0 Å². The lowest BCUT2D eigenvalue weighted by atomic mass is 9.94. The molecule has 0 saturated heterocycles. The molecule has 0 saturated carbocycles. The number of hydrogen-bond acceptors (Lipinski definition) is 4. The van der Waals surface area contributed by atoms with Crippen molar-refractivity contribution in [1.29, 1.82) is 5.26 Å². The van der Waals surface area contributed by atoms with Crippen LogP contribution in [0.25, 0.3) is 0 Å². The highest BCUT2D eigenvalue weighted by atomic mass is 16.3. The largest absolute Gasteiger partial charge is 0.398 e. The summed E-state index contributed by atoms with van der Waals surface area (Å²) in [5, 5.41) is 21.2. The van der Waals surface area contributed by atoms with Crippen LogP contribution >= 0.6 is 0 Å². The second kappa shape index (κ2) is 5.55. The number of benzene rings is 1. The Labute approximate surface area is 102 Å². The third kappa shape index (κ3) is 3.36. The molecule has 0 aliphatic heterocycles. The second-order valence-electron chi connectivity index (χ2n) is 4.43. The maximum Gasteiger partial charge on any atom is 0.101 e. The fraction of sp³-hybridized carbons (Fsp3) is 0.462. The van der Waals surface area contributed by atoms with E-state index in [1.54, 1.807) is 12.1 Å². The molecule has 1 aromatic rings. The Bertz CT molecular complexity index is 425. The highest BCUT2D eigenvalue weighted by Gasteiger charge is 2.20. The molecule has 92 valence electrons. The van der Waals surface area contributed by atoms with Crippen molar-refractivity contribution < 1.29 is 5.11 Å². The number of aliphatic hydroxyl groups is 1. The molecule has 0 amide bonds. The zero-order valence-electron chi connectivity index (χ0n) is 10.3. The van der Waals surface area contributed by atoms with Crippen LogP contribution < -0.4 is 11.1 Å². The number of nitrogens with one attached hydrogen (secondary N) is 1. The highest BCUT2D eigenvalue weighted by Crippen LogP contribution is 2.24. The van der Waals surface area contributed by atoms with E-state index in [1.165, 1.54) is 0 Å². The topological polar surface area (TPSA) is 82.1 Å². The number of anilines is 2. The van der Waals surface area contributed by atoms with Gasteiger partial charge in [0.15, 0.2) is 0 Å². The van der Waals surface area contributed by atoms with Crippen LogP contribution in [0, 0.1) is 11.3 Å². The molecule has 1 atom stereocenters. The molecule has 1 aromatic carbocycles. The minimum absolute atomic E-state index is 0.142. The van der Waals surface area contributed by atoms with Gasteiger partial charge in [0.1, 0.15) is 6.07 Å². The van der Waals surface area contributed by atoms with E-state index in [4.69, 9.17) is 16.1 Å². The normalized spacial score (nSPS) is 13.8. The van der Waals surface area contributed by atoms with Gasteiger partial charge in [0.2, 0.25) is 0 Å². The van der Waals surface area contributed by atoms with E-state index in [1.807, 2.05) is 12.1 Å². The molecular formula is C13H19N3O. The smallest absolute Gasteiger partial charge is 0.101 e. The average molecular weight is 233 g/mol. The summed E-state index contributed by atoms with van der Waals surface area (Å²) in [6.45, 7) is 4.26. The summed E-state index contributed by atoms with van der Waals surface area (Å²) in [7, 11) is 0. The van der Waals surface area contributed by atoms with Crippen LogP contribution in [0.3, 0.4) is 0 Å². The van der Waals surface area contributed by atoms with Crippen molar-refractivity contribution in [3.05, 3.63) is 23.8 Å². The summed E-state index contributed by atoms with van der Waals surface area (Å²) in [4.78, 5) is 0. The lowest BCUT2D eigenvalue weighted by Gasteiger charge is -2.30. The van der Waals surface area contributed by atoms with Crippen molar-refractivity contribution in [2.75, 3.05) is 17.7 Å². The van der Waals surface area contributed by atoms with E-state index < -0.39 is 0 Å². The van der Waals surface area contributed by atoms with Crippen molar-refractivity contribution in [2.45, 2.75) is 32.2 Å². The standard InChI is InChI=1S/C13H19N3O/c1-3-13(2,6-7-17)16-11-5-4-10(9-14)12(15)8-11/h4-5,8,16-17H,3,6-7,15H2,1-2H3. The van der Waals surface area contributed by atoms with Gasteiger partial charge in [0.05, 0.1) is 11.3 Å². The van der Waals surface area contributed by atoms with Crippen LogP contribution in [0.5, 0.6) is 0 Å². The molecule has 0 spiro atoms. The molecule has 0 bridgehead atoms. The Balaban J connectivity index is 2.88. The Morgan fingerprint density at radius 2 is 2.24 bits per heavy atom. The number of hydrogen-bond donors (Lipinski definition) is 3. The highest BCUT2D eigenvalue weighted by molar-refractivity contribution is 5.63. The summed E-state index contributed by atoms with van der Waals surface area (Å²) < 4.78 is 0. The number of nitrogens with zero attached hydrogens (tertiary/aromatic N) is 1. The van der Waals surface area contributed by atoms with Crippen LogP contribution in [-0.2, 0) is 0 Å². The monoisotopic (exact) mass is 233 g/mol. The number of rotatable bonds is 5. The molecule has 1 rings (SSSR count). The predicted molar refractivity (Wildman–Crippen MR) is 69.6 cm³/mol. The Morgan fingerprint density at radius 1 is 1.53 bits per heavy atom. The predicted octanol–water partition coefficient (Wildman–Crippen LogP) is 2.10. The molecule has 0 fully saturated rings. The Morgan fingerprint density at radius 3 is 2.71 bits per heavy atom. The molecule has 4 N–H and O–H groups in total. The van der Waals surface area contributed by atoms with Gasteiger partial charge in [-0.1, -0.05) is 6.92 Å². The maximum atomic E-state index is 9.04. The molecular weight excluding hydrogens is 214 g/mol. The zero-order chi connectivity index (χ0) is 12.9. The van der Waals surface area contributed by atoms with E-state index in [0.29, 0.717) is 17.7 Å². The van der Waals surface area contributed by atoms with Crippen molar-refractivity contribution in [3.8, 4) is 6.07 Å². The Kier molecular flexibility index (Phi) is 4.36. The number of aliphatic hydroxyl groups excluding tert-OH is 1. The van der Waals surface area contributed by atoms with Crippen molar-refractivity contribution >= 4 is 11.4 Å². The number of nitriles is 1. The SMILES string of the molecule is CCC(C)(CCO)Nc1ccc(C#N)c(N)c1. The summed E-state index contributed by atoms with van der Waals surface area (Å²) >= 11 is 0. The van der Waals surface area contributed by atoms with Crippen molar-refractivity contribution in [2.24, 2.45) is 0 Å². The van der Waals surface area contributed by atoms with E-state index >= 15 is 0 Å². The summed E-state index contributed by atoms with van der Waals surface area (Å²) in [5.41, 5.74) is 7.43. The van der Waals surface area contributed by atoms with Gasteiger partial charge in [-0.15, -0.1) is 0 Å². The summed E-state index contributed by atoms with van der Waals surface area (Å²) in [6.07, 6.45) is 1.57. The summed E-state index contributed by atoms with van der Waals surface area (Å²) in [6, 6.07) is 7.32. The first-order valence-electron chi connectivity index (χ1n) is 5.73. The molecule has 4 heteroatoms. The van der Waals surface area contributed by atoms with Gasteiger partial charge in [-0.2, -0.15) is 5.26 Å². The fourth-order valence-electron chi connectivity index (χ4n) is 1.67. The molecule has 4 nitrogen and oxygen atoms in total. The quantitative estimate of drug-likeness (QED) is 0.680. The van der Waals surface area contributed by atoms with Crippen LogP contribution in [0.4, 0.5) is 11.4 Å². The number of nitrogen functional groups attached to an aromatic ring is 1. The molecule has 0 aliphatic carbocycles. The first-order chi connectivity index (χ1) is 8.04. The van der Waals surface area contributed by atoms with Gasteiger partial charge in [-0.05, 0) is 38.0 Å². The van der Waals surface area contributed by atoms with Gasteiger partial charge in [0, 0.05) is 17.8 Å². The van der Waals surface area contributed by atoms with E-state index in [9.17, 15) is 0 Å². The Hall–Kier alpha value is -1.73. The van der Waals surface area contributed by atoms with Crippen LogP contribution in [0.15, 0.2) is 18.2 Å².